The molecule has 6 heteroatoms. The molecule has 6 nitrogen and oxygen atoms in total. The first kappa shape index (κ1) is 13.6. The van der Waals surface area contributed by atoms with Gasteiger partial charge >= 0.3 is 11.9 Å². The van der Waals surface area contributed by atoms with E-state index in [0.717, 1.165) is 17.7 Å². The Balaban J connectivity index is 2.45. The smallest absolute Gasteiger partial charge is 0.359 e. The third kappa shape index (κ3) is 2.34. The van der Waals surface area contributed by atoms with Gasteiger partial charge in [0, 0.05) is 11.3 Å². The summed E-state index contributed by atoms with van der Waals surface area (Å²) < 4.78 is 6.41. The highest BCUT2D eigenvalue weighted by molar-refractivity contribution is 5.89. The lowest BCUT2D eigenvalue weighted by Gasteiger charge is -2.10. The number of esters is 1. The molecule has 0 aliphatic heterocycles. The molecule has 0 saturated heterocycles. The predicted molar refractivity (Wildman–Crippen MR) is 67.1 cm³/mol. The van der Waals surface area contributed by atoms with E-state index in [0.29, 0.717) is 5.92 Å². The zero-order chi connectivity index (χ0) is 14.2. The Kier molecular flexibility index (Phi) is 3.59. The predicted octanol–water partition coefficient (Wildman–Crippen LogP) is 1.44. The number of hydrogen-bond donors (Lipinski definition) is 1. The molecule has 0 saturated carbocycles. The second kappa shape index (κ2) is 5.03. The quantitative estimate of drug-likeness (QED) is 0.834. The van der Waals surface area contributed by atoms with Gasteiger partial charge in [-0.2, -0.15) is 5.10 Å². The molecule has 0 aromatic carbocycles. The number of ether oxygens (including phenoxy) is 1. The summed E-state index contributed by atoms with van der Waals surface area (Å²) in [6.07, 6.45) is 0.746. The molecule has 2 atom stereocenters. The summed E-state index contributed by atoms with van der Waals surface area (Å²) in [7, 11) is 0. The molecule has 1 aromatic heterocycles. The van der Waals surface area contributed by atoms with E-state index in [1.807, 2.05) is 6.92 Å². The number of aliphatic carboxylic acids is 1. The van der Waals surface area contributed by atoms with Gasteiger partial charge in [-0.3, -0.25) is 9.48 Å². The van der Waals surface area contributed by atoms with Crippen LogP contribution >= 0.6 is 0 Å². The third-order valence-corrected chi connectivity index (χ3v) is 3.68. The van der Waals surface area contributed by atoms with Crippen molar-refractivity contribution in [3.05, 3.63) is 17.0 Å². The molecule has 1 N–H and O–H groups in total. The van der Waals surface area contributed by atoms with Crippen molar-refractivity contribution < 1.29 is 19.4 Å². The van der Waals surface area contributed by atoms with E-state index in [4.69, 9.17) is 9.84 Å². The van der Waals surface area contributed by atoms with E-state index in [9.17, 15) is 9.59 Å². The van der Waals surface area contributed by atoms with Crippen molar-refractivity contribution in [2.24, 2.45) is 5.92 Å². The maximum absolute atomic E-state index is 11.9. The van der Waals surface area contributed by atoms with Gasteiger partial charge in [-0.1, -0.05) is 13.8 Å². The third-order valence-electron chi connectivity index (χ3n) is 3.68. The molecule has 0 radical (unpaired) electrons. The van der Waals surface area contributed by atoms with Gasteiger partial charge < -0.3 is 9.84 Å². The molecule has 1 unspecified atom stereocenters. The zero-order valence-corrected chi connectivity index (χ0v) is 11.3. The molecule has 1 aliphatic rings. The minimum Gasteiger partial charge on any atom is -0.480 e. The van der Waals surface area contributed by atoms with Gasteiger partial charge in [0.1, 0.15) is 6.54 Å². The average molecular weight is 266 g/mol. The number of carboxylic acids is 1. The Morgan fingerprint density at radius 3 is 2.74 bits per heavy atom. The first-order chi connectivity index (χ1) is 8.95. The number of rotatable bonds is 4. The minimum absolute atomic E-state index is 0.192. The highest BCUT2D eigenvalue weighted by Gasteiger charge is 2.36. The highest BCUT2D eigenvalue weighted by atomic mass is 16.5. The number of carboxylic acid groups (broad SMARTS) is 1. The Labute approximate surface area is 111 Å². The Morgan fingerprint density at radius 2 is 2.16 bits per heavy atom. The molecule has 1 aromatic rings. The van der Waals surface area contributed by atoms with Gasteiger partial charge in [-0.15, -0.1) is 0 Å². The van der Waals surface area contributed by atoms with Gasteiger partial charge in [0.15, 0.2) is 5.69 Å². The molecule has 0 fully saturated rings. The molecule has 104 valence electrons. The first-order valence-electron chi connectivity index (χ1n) is 6.44. The maximum Gasteiger partial charge on any atom is 0.359 e. The van der Waals surface area contributed by atoms with E-state index in [-0.39, 0.29) is 24.8 Å². The molecule has 2 rings (SSSR count). The maximum atomic E-state index is 11.9. The second-order valence-electron chi connectivity index (χ2n) is 4.95. The van der Waals surface area contributed by atoms with Crippen molar-refractivity contribution in [2.45, 2.75) is 39.7 Å². The average Bonchev–Trinajstić information content (AvgIpc) is 2.80. The van der Waals surface area contributed by atoms with Crippen molar-refractivity contribution in [3.63, 3.8) is 0 Å². The van der Waals surface area contributed by atoms with E-state index in [1.54, 1.807) is 6.92 Å². The van der Waals surface area contributed by atoms with Crippen LogP contribution < -0.4 is 0 Å². The fourth-order valence-electron chi connectivity index (χ4n) is 2.58. The van der Waals surface area contributed by atoms with E-state index < -0.39 is 11.9 Å². The standard InChI is InChI=1S/C13H18N2O4/c1-4-19-13(18)12-11-8(3)7(2)5-9(11)15(14-12)6-10(16)17/h7-8H,4-6H2,1-3H3,(H,16,17)/t7?,8-/m1/s1. The van der Waals surface area contributed by atoms with E-state index >= 15 is 0 Å². The van der Waals surface area contributed by atoms with Crippen LogP contribution in [0.15, 0.2) is 0 Å². The Bertz CT molecular complexity index is 521. The molecular weight excluding hydrogens is 248 g/mol. The van der Waals surface area contributed by atoms with Crippen LogP contribution in [-0.4, -0.2) is 33.4 Å². The number of nitrogens with zero attached hydrogens (tertiary/aromatic N) is 2. The van der Waals surface area contributed by atoms with Crippen LogP contribution in [0, 0.1) is 5.92 Å². The monoisotopic (exact) mass is 266 g/mol. The minimum atomic E-state index is -0.965. The van der Waals surface area contributed by atoms with Crippen molar-refractivity contribution in [3.8, 4) is 0 Å². The van der Waals surface area contributed by atoms with Crippen LogP contribution in [0.1, 0.15) is 48.4 Å². The largest absolute Gasteiger partial charge is 0.480 e. The summed E-state index contributed by atoms with van der Waals surface area (Å²) in [4.78, 5) is 22.8. The highest BCUT2D eigenvalue weighted by Crippen LogP contribution is 2.39. The van der Waals surface area contributed by atoms with Gasteiger partial charge in [-0.05, 0) is 25.2 Å². The number of carbonyl (C=O) groups is 2. The van der Waals surface area contributed by atoms with Gasteiger partial charge in [0.05, 0.1) is 6.61 Å². The lowest BCUT2D eigenvalue weighted by molar-refractivity contribution is -0.137. The van der Waals surface area contributed by atoms with Crippen molar-refractivity contribution >= 4 is 11.9 Å². The number of hydrogen-bond acceptors (Lipinski definition) is 4. The van der Waals surface area contributed by atoms with Crippen LogP contribution in [0.5, 0.6) is 0 Å². The summed E-state index contributed by atoms with van der Waals surface area (Å²) in [5.41, 5.74) is 1.98. The molecule has 19 heavy (non-hydrogen) atoms. The molecule has 0 amide bonds. The van der Waals surface area contributed by atoms with E-state index in [1.165, 1.54) is 4.68 Å². The topological polar surface area (TPSA) is 81.4 Å². The van der Waals surface area contributed by atoms with Crippen LogP contribution in [0.4, 0.5) is 0 Å². The second-order valence-corrected chi connectivity index (χ2v) is 4.95. The number of fused-ring (bicyclic) bond motifs is 1. The van der Waals surface area contributed by atoms with Crippen LogP contribution in [-0.2, 0) is 22.5 Å². The fourth-order valence-corrected chi connectivity index (χ4v) is 2.58. The summed E-state index contributed by atoms with van der Waals surface area (Å²) in [6.45, 7) is 5.92. The number of carbonyl (C=O) groups excluding carboxylic acids is 1. The molecule has 0 bridgehead atoms. The first-order valence-corrected chi connectivity index (χ1v) is 6.44. The Hall–Kier alpha value is -1.85. The van der Waals surface area contributed by atoms with Gasteiger partial charge in [-0.25, -0.2) is 4.79 Å². The van der Waals surface area contributed by atoms with Crippen LogP contribution in [0.25, 0.3) is 0 Å². The summed E-state index contributed by atoms with van der Waals surface area (Å²) in [5, 5.41) is 13.0. The summed E-state index contributed by atoms with van der Waals surface area (Å²) in [5.74, 6) is -0.866. The lowest BCUT2D eigenvalue weighted by atomic mass is 9.96. The fraction of sp³-hybridized carbons (Fsp3) is 0.615. The molecule has 0 spiro atoms. The van der Waals surface area contributed by atoms with Crippen molar-refractivity contribution in [1.82, 2.24) is 9.78 Å². The van der Waals surface area contributed by atoms with Crippen molar-refractivity contribution in [1.29, 1.82) is 0 Å². The van der Waals surface area contributed by atoms with Crippen LogP contribution in [0.2, 0.25) is 0 Å². The number of aromatic nitrogens is 2. The Morgan fingerprint density at radius 1 is 1.47 bits per heavy atom. The van der Waals surface area contributed by atoms with Gasteiger partial charge in [0.2, 0.25) is 0 Å². The molecule has 1 aliphatic carbocycles. The van der Waals surface area contributed by atoms with Gasteiger partial charge in [0.25, 0.3) is 0 Å². The molecule has 1 heterocycles. The summed E-state index contributed by atoms with van der Waals surface area (Å²) in [6, 6.07) is 0. The van der Waals surface area contributed by atoms with Crippen molar-refractivity contribution in [2.75, 3.05) is 6.61 Å². The van der Waals surface area contributed by atoms with Crippen LogP contribution in [0.3, 0.4) is 0 Å². The SMILES string of the molecule is CCOC(=O)c1nn(CC(=O)O)c2c1[C@H](C)C(C)C2. The summed E-state index contributed by atoms with van der Waals surface area (Å²) >= 11 is 0. The van der Waals surface area contributed by atoms with E-state index in [2.05, 4.69) is 12.0 Å². The molecular formula is C13H18N2O4. The normalized spacial score (nSPS) is 21.2. The zero-order valence-electron chi connectivity index (χ0n) is 11.3. The lowest BCUT2D eigenvalue weighted by Crippen LogP contribution is -2.15.